The van der Waals surface area contributed by atoms with E-state index in [9.17, 15) is 9.59 Å². The van der Waals surface area contributed by atoms with E-state index in [4.69, 9.17) is 9.47 Å². The number of aryl methyl sites for hydroxylation is 1. The smallest absolute Gasteiger partial charge is 0.339 e. The number of ether oxygens (including phenoxy) is 2. The van der Waals surface area contributed by atoms with Crippen molar-refractivity contribution in [3.05, 3.63) is 71.8 Å². The minimum absolute atomic E-state index is 0.159. The molecule has 0 radical (unpaired) electrons. The molecular formula is C21H19NO4. The van der Waals surface area contributed by atoms with E-state index in [1.165, 1.54) is 7.11 Å². The highest BCUT2D eigenvalue weighted by atomic mass is 16.5. The van der Waals surface area contributed by atoms with E-state index in [-0.39, 0.29) is 12.5 Å². The number of nitrogens with one attached hydrogen (secondary N) is 1. The first-order valence-corrected chi connectivity index (χ1v) is 8.18. The molecule has 5 heteroatoms. The van der Waals surface area contributed by atoms with Gasteiger partial charge in [0.1, 0.15) is 5.75 Å². The van der Waals surface area contributed by atoms with E-state index in [0.717, 1.165) is 16.3 Å². The molecule has 0 bridgehead atoms. The second-order valence-corrected chi connectivity index (χ2v) is 5.83. The third-order valence-electron chi connectivity index (χ3n) is 4.03. The number of hydrogen-bond acceptors (Lipinski definition) is 4. The average Bonchev–Trinajstić information content (AvgIpc) is 2.67. The lowest BCUT2D eigenvalue weighted by Gasteiger charge is -2.13. The molecule has 0 aliphatic carbocycles. The minimum Gasteiger partial charge on any atom is -0.484 e. The number of carbonyl (C=O) groups is 2. The quantitative estimate of drug-likeness (QED) is 0.708. The van der Waals surface area contributed by atoms with Crippen LogP contribution in [-0.2, 0) is 9.53 Å². The summed E-state index contributed by atoms with van der Waals surface area (Å²) in [5, 5.41) is 4.88. The van der Waals surface area contributed by atoms with Gasteiger partial charge in [0, 0.05) is 0 Å². The molecule has 0 unspecified atom stereocenters. The first-order valence-electron chi connectivity index (χ1n) is 8.18. The Bertz CT molecular complexity index is 965. The molecule has 0 saturated heterocycles. The monoisotopic (exact) mass is 349 g/mol. The van der Waals surface area contributed by atoms with Crippen molar-refractivity contribution in [3.8, 4) is 5.75 Å². The van der Waals surface area contributed by atoms with E-state index >= 15 is 0 Å². The van der Waals surface area contributed by atoms with Gasteiger partial charge in [-0.15, -0.1) is 0 Å². The molecule has 0 saturated carbocycles. The zero-order valence-electron chi connectivity index (χ0n) is 14.6. The Morgan fingerprint density at radius 1 is 0.962 bits per heavy atom. The Labute approximate surface area is 151 Å². The molecule has 0 aromatic heterocycles. The number of methoxy groups -OCH3 is 1. The summed E-state index contributed by atoms with van der Waals surface area (Å²) in [6.07, 6.45) is 0. The SMILES string of the molecule is COC(=O)c1cccc(C)c1NC(=O)COc1ccc2ccccc2c1. The molecule has 1 N–H and O–H groups in total. The maximum absolute atomic E-state index is 12.3. The number of amides is 1. The third kappa shape index (κ3) is 3.83. The van der Waals surface area contributed by atoms with Crippen molar-refractivity contribution in [1.29, 1.82) is 0 Å². The van der Waals surface area contributed by atoms with Crippen LogP contribution in [0.3, 0.4) is 0 Å². The Morgan fingerprint density at radius 3 is 2.50 bits per heavy atom. The molecule has 1 amide bonds. The Morgan fingerprint density at radius 2 is 1.73 bits per heavy atom. The van der Waals surface area contributed by atoms with Crippen molar-refractivity contribution < 1.29 is 19.1 Å². The van der Waals surface area contributed by atoms with Gasteiger partial charge in [0.15, 0.2) is 6.61 Å². The van der Waals surface area contributed by atoms with Gasteiger partial charge in [-0.05, 0) is 41.5 Å². The van der Waals surface area contributed by atoms with E-state index in [1.54, 1.807) is 12.1 Å². The second kappa shape index (κ2) is 7.70. The number of rotatable bonds is 5. The molecule has 0 aliphatic heterocycles. The molecule has 26 heavy (non-hydrogen) atoms. The number of carbonyl (C=O) groups excluding carboxylic acids is 2. The van der Waals surface area contributed by atoms with Crippen LogP contribution in [0.4, 0.5) is 5.69 Å². The summed E-state index contributed by atoms with van der Waals surface area (Å²) < 4.78 is 10.3. The zero-order valence-corrected chi connectivity index (χ0v) is 14.6. The summed E-state index contributed by atoms with van der Waals surface area (Å²) in [6, 6.07) is 18.7. The van der Waals surface area contributed by atoms with Crippen molar-refractivity contribution in [2.24, 2.45) is 0 Å². The molecule has 0 fully saturated rings. The Balaban J connectivity index is 1.70. The third-order valence-corrected chi connectivity index (χ3v) is 4.03. The van der Waals surface area contributed by atoms with Crippen molar-refractivity contribution >= 4 is 28.3 Å². The fraction of sp³-hybridized carbons (Fsp3) is 0.143. The number of benzene rings is 3. The number of hydrogen-bond donors (Lipinski definition) is 1. The van der Waals surface area contributed by atoms with Crippen molar-refractivity contribution in [2.45, 2.75) is 6.92 Å². The summed E-state index contributed by atoms with van der Waals surface area (Å²) in [7, 11) is 1.30. The van der Waals surface area contributed by atoms with Crippen molar-refractivity contribution in [1.82, 2.24) is 0 Å². The second-order valence-electron chi connectivity index (χ2n) is 5.83. The Hall–Kier alpha value is -3.34. The summed E-state index contributed by atoms with van der Waals surface area (Å²) in [5.41, 5.74) is 1.52. The normalized spacial score (nSPS) is 10.4. The standard InChI is InChI=1S/C21H19NO4/c1-14-6-5-9-18(21(24)25-2)20(14)22-19(23)13-26-17-11-10-15-7-3-4-8-16(15)12-17/h3-12H,13H2,1-2H3,(H,22,23). The van der Waals surface area contributed by atoms with Crippen LogP contribution in [0.5, 0.6) is 5.75 Å². The molecule has 0 atom stereocenters. The molecule has 0 spiro atoms. The Kier molecular flexibility index (Phi) is 5.17. The minimum atomic E-state index is -0.501. The number of esters is 1. The molecule has 3 aromatic carbocycles. The average molecular weight is 349 g/mol. The highest BCUT2D eigenvalue weighted by molar-refractivity contribution is 6.02. The van der Waals surface area contributed by atoms with Crippen LogP contribution in [-0.4, -0.2) is 25.6 Å². The van der Waals surface area contributed by atoms with Gasteiger partial charge in [0.05, 0.1) is 18.4 Å². The fourth-order valence-electron chi connectivity index (χ4n) is 2.70. The van der Waals surface area contributed by atoms with Gasteiger partial charge >= 0.3 is 5.97 Å². The van der Waals surface area contributed by atoms with E-state index in [0.29, 0.717) is 17.0 Å². The summed E-state index contributed by atoms with van der Waals surface area (Å²) in [4.78, 5) is 24.1. The van der Waals surface area contributed by atoms with E-state index in [2.05, 4.69) is 5.32 Å². The maximum atomic E-state index is 12.3. The molecule has 3 aromatic rings. The topological polar surface area (TPSA) is 64.6 Å². The largest absolute Gasteiger partial charge is 0.484 e. The van der Waals surface area contributed by atoms with Crippen LogP contribution >= 0.6 is 0 Å². The van der Waals surface area contributed by atoms with Crippen LogP contribution in [0.15, 0.2) is 60.7 Å². The molecule has 0 aliphatic rings. The van der Waals surface area contributed by atoms with Crippen LogP contribution in [0.2, 0.25) is 0 Å². The van der Waals surface area contributed by atoms with Gasteiger partial charge in [0.25, 0.3) is 5.91 Å². The highest BCUT2D eigenvalue weighted by Gasteiger charge is 2.16. The van der Waals surface area contributed by atoms with Crippen LogP contribution in [0, 0.1) is 6.92 Å². The lowest BCUT2D eigenvalue weighted by molar-refractivity contribution is -0.118. The molecule has 3 rings (SSSR count). The van der Waals surface area contributed by atoms with Gasteiger partial charge in [0.2, 0.25) is 0 Å². The van der Waals surface area contributed by atoms with Gasteiger partial charge < -0.3 is 14.8 Å². The zero-order chi connectivity index (χ0) is 18.5. The van der Waals surface area contributed by atoms with E-state index in [1.807, 2.05) is 55.5 Å². The molecule has 5 nitrogen and oxygen atoms in total. The van der Waals surface area contributed by atoms with Gasteiger partial charge in [-0.2, -0.15) is 0 Å². The number of para-hydroxylation sites is 1. The molecule has 132 valence electrons. The maximum Gasteiger partial charge on any atom is 0.339 e. The van der Waals surface area contributed by atoms with Gasteiger partial charge in [-0.25, -0.2) is 4.79 Å². The van der Waals surface area contributed by atoms with Crippen LogP contribution in [0.25, 0.3) is 10.8 Å². The first-order chi connectivity index (χ1) is 12.6. The predicted octanol–water partition coefficient (Wildman–Crippen LogP) is 3.95. The molecule has 0 heterocycles. The van der Waals surface area contributed by atoms with Crippen LogP contribution < -0.4 is 10.1 Å². The van der Waals surface area contributed by atoms with Crippen LogP contribution in [0.1, 0.15) is 15.9 Å². The summed E-state index contributed by atoms with van der Waals surface area (Å²) in [5.74, 6) is -0.242. The van der Waals surface area contributed by atoms with Crippen molar-refractivity contribution in [3.63, 3.8) is 0 Å². The highest BCUT2D eigenvalue weighted by Crippen LogP contribution is 2.22. The lowest BCUT2D eigenvalue weighted by atomic mass is 10.1. The lowest BCUT2D eigenvalue weighted by Crippen LogP contribution is -2.22. The first kappa shape index (κ1) is 17.5. The summed E-state index contributed by atoms with van der Waals surface area (Å²) in [6.45, 7) is 1.65. The van der Waals surface area contributed by atoms with Crippen molar-refractivity contribution in [2.75, 3.05) is 19.0 Å². The van der Waals surface area contributed by atoms with E-state index < -0.39 is 5.97 Å². The summed E-state index contributed by atoms with van der Waals surface area (Å²) >= 11 is 0. The fourth-order valence-corrected chi connectivity index (χ4v) is 2.70. The van der Waals surface area contributed by atoms with Gasteiger partial charge in [-0.3, -0.25) is 4.79 Å². The number of anilines is 1. The van der Waals surface area contributed by atoms with Gasteiger partial charge in [-0.1, -0.05) is 42.5 Å². The number of fused-ring (bicyclic) bond motifs is 1. The predicted molar refractivity (Wildman–Crippen MR) is 101 cm³/mol. The molecular weight excluding hydrogens is 330 g/mol.